The lowest BCUT2D eigenvalue weighted by atomic mass is 9.98. The molecule has 0 fully saturated rings. The van der Waals surface area contributed by atoms with Gasteiger partial charge in [-0.25, -0.2) is 8.42 Å². The van der Waals surface area contributed by atoms with Crippen LogP contribution in [0.5, 0.6) is 0 Å². The van der Waals surface area contributed by atoms with Crippen molar-refractivity contribution >= 4 is 33.8 Å². The van der Waals surface area contributed by atoms with Crippen LogP contribution in [0.3, 0.4) is 0 Å². The maximum Gasteiger partial charge on any atom is 0.241 e. The van der Waals surface area contributed by atoms with Gasteiger partial charge in [-0.3, -0.25) is 4.79 Å². The molecule has 25 heavy (non-hydrogen) atoms. The number of rotatable bonds is 9. The maximum absolute atomic E-state index is 12.5. The molecule has 140 valence electrons. The van der Waals surface area contributed by atoms with Crippen molar-refractivity contribution in [1.29, 1.82) is 0 Å². The number of halogens is 1. The monoisotopic (exact) mass is 388 g/mol. The summed E-state index contributed by atoms with van der Waals surface area (Å²) in [5, 5.41) is 3.04. The summed E-state index contributed by atoms with van der Waals surface area (Å²) in [7, 11) is -3.89. The van der Waals surface area contributed by atoms with Gasteiger partial charge in [0.15, 0.2) is 0 Å². The summed E-state index contributed by atoms with van der Waals surface area (Å²) in [5.74, 6) is -0.863. The quantitative estimate of drug-likeness (QED) is 0.635. The Labute approximate surface area is 154 Å². The molecular formula is C17H25ClN2O4S. The second-order valence-corrected chi connectivity index (χ2v) is 8.50. The topological polar surface area (TPSA) is 92.3 Å². The van der Waals surface area contributed by atoms with Crippen LogP contribution in [0.1, 0.15) is 34.1 Å². The molecular weight excluding hydrogens is 364 g/mol. The van der Waals surface area contributed by atoms with Crippen LogP contribution in [-0.4, -0.2) is 32.7 Å². The summed E-state index contributed by atoms with van der Waals surface area (Å²) in [4.78, 5) is 23.7. The van der Waals surface area contributed by atoms with Gasteiger partial charge in [-0.05, 0) is 36.1 Å². The number of sulfonamides is 1. The van der Waals surface area contributed by atoms with Gasteiger partial charge in [0, 0.05) is 5.02 Å². The molecule has 6 nitrogen and oxygen atoms in total. The summed E-state index contributed by atoms with van der Waals surface area (Å²) >= 11 is 5.77. The molecule has 0 heterocycles. The third kappa shape index (κ3) is 6.09. The van der Waals surface area contributed by atoms with Crippen molar-refractivity contribution in [2.75, 3.05) is 0 Å². The van der Waals surface area contributed by atoms with Gasteiger partial charge in [-0.2, -0.15) is 4.72 Å². The van der Waals surface area contributed by atoms with Crippen molar-refractivity contribution in [2.45, 2.75) is 51.1 Å². The Bertz CT molecular complexity index is 689. The molecule has 3 unspecified atom stereocenters. The molecule has 0 aliphatic rings. The minimum Gasteiger partial charge on any atom is -0.345 e. The van der Waals surface area contributed by atoms with Crippen LogP contribution < -0.4 is 10.0 Å². The number of carbonyl (C=O) groups is 2. The standard InChI is InChI=1S/C17H25ClN2O4S/c1-5-12(4)15(10-21)19-17(22)16(11(2)3)20-25(23,24)14-8-6-13(18)7-9-14/h6-12,15-16,20H,5H2,1-4H3,(H,19,22). The zero-order valence-electron chi connectivity index (χ0n) is 14.8. The number of aldehydes is 1. The average molecular weight is 389 g/mol. The first-order valence-electron chi connectivity index (χ1n) is 8.16. The highest BCUT2D eigenvalue weighted by atomic mass is 35.5. The second kappa shape index (κ2) is 9.31. The molecule has 0 radical (unpaired) electrons. The van der Waals surface area contributed by atoms with Crippen molar-refractivity contribution < 1.29 is 18.0 Å². The van der Waals surface area contributed by atoms with E-state index in [1.807, 2.05) is 13.8 Å². The second-order valence-electron chi connectivity index (χ2n) is 6.35. The highest BCUT2D eigenvalue weighted by Gasteiger charge is 2.30. The molecule has 0 aliphatic heterocycles. The summed E-state index contributed by atoms with van der Waals surface area (Å²) in [5.41, 5.74) is 0. The smallest absolute Gasteiger partial charge is 0.241 e. The number of nitrogens with one attached hydrogen (secondary N) is 2. The molecule has 0 aliphatic carbocycles. The normalized spacial score (nSPS) is 15.4. The molecule has 0 spiro atoms. The van der Waals surface area contributed by atoms with Gasteiger partial charge in [0.1, 0.15) is 12.3 Å². The predicted octanol–water partition coefficient (Wildman–Crippen LogP) is 2.37. The average Bonchev–Trinajstić information content (AvgIpc) is 2.56. The van der Waals surface area contributed by atoms with E-state index in [1.165, 1.54) is 24.3 Å². The lowest BCUT2D eigenvalue weighted by molar-refractivity contribution is -0.126. The van der Waals surface area contributed by atoms with Gasteiger partial charge in [-0.15, -0.1) is 0 Å². The number of carbonyl (C=O) groups excluding carboxylic acids is 2. The number of amides is 1. The van der Waals surface area contributed by atoms with Gasteiger partial charge < -0.3 is 10.1 Å². The van der Waals surface area contributed by atoms with Gasteiger partial charge in [-0.1, -0.05) is 45.7 Å². The van der Waals surface area contributed by atoms with Crippen molar-refractivity contribution in [1.82, 2.24) is 10.0 Å². The molecule has 0 bridgehead atoms. The van der Waals surface area contributed by atoms with Gasteiger partial charge >= 0.3 is 0 Å². The number of hydrogen-bond donors (Lipinski definition) is 2. The van der Waals surface area contributed by atoms with Gasteiger partial charge in [0.25, 0.3) is 0 Å². The van der Waals surface area contributed by atoms with Crippen LogP contribution in [0.25, 0.3) is 0 Å². The van der Waals surface area contributed by atoms with E-state index >= 15 is 0 Å². The van der Waals surface area contributed by atoms with E-state index < -0.39 is 28.0 Å². The largest absolute Gasteiger partial charge is 0.345 e. The fraction of sp³-hybridized carbons (Fsp3) is 0.529. The summed E-state index contributed by atoms with van der Waals surface area (Å²) in [6.45, 7) is 7.22. The molecule has 1 amide bonds. The van der Waals surface area contributed by atoms with E-state index in [0.717, 1.165) is 0 Å². The summed E-state index contributed by atoms with van der Waals surface area (Å²) in [6.07, 6.45) is 1.39. The Morgan fingerprint density at radius 3 is 2.20 bits per heavy atom. The Kier molecular flexibility index (Phi) is 8.05. The van der Waals surface area contributed by atoms with E-state index in [2.05, 4.69) is 10.0 Å². The molecule has 0 saturated heterocycles. The van der Waals surface area contributed by atoms with E-state index in [0.29, 0.717) is 17.7 Å². The molecule has 1 rings (SSSR count). The lowest BCUT2D eigenvalue weighted by Crippen LogP contribution is -2.53. The first-order valence-corrected chi connectivity index (χ1v) is 10.0. The molecule has 1 aromatic rings. The number of hydrogen-bond acceptors (Lipinski definition) is 4. The van der Waals surface area contributed by atoms with Gasteiger partial charge in [0.05, 0.1) is 10.9 Å². The number of benzene rings is 1. The van der Waals surface area contributed by atoms with E-state index in [4.69, 9.17) is 11.6 Å². The molecule has 2 N–H and O–H groups in total. The first kappa shape index (κ1) is 21.6. The minimum atomic E-state index is -3.89. The van der Waals surface area contributed by atoms with Crippen molar-refractivity contribution in [2.24, 2.45) is 11.8 Å². The van der Waals surface area contributed by atoms with E-state index in [-0.39, 0.29) is 16.7 Å². The molecule has 1 aromatic carbocycles. The zero-order valence-corrected chi connectivity index (χ0v) is 16.4. The van der Waals surface area contributed by atoms with E-state index in [1.54, 1.807) is 13.8 Å². The molecule has 3 atom stereocenters. The first-order chi connectivity index (χ1) is 11.6. The highest BCUT2D eigenvalue weighted by Crippen LogP contribution is 2.16. The van der Waals surface area contributed by atoms with Crippen LogP contribution >= 0.6 is 11.6 Å². The third-order valence-corrected chi connectivity index (χ3v) is 5.78. The Balaban J connectivity index is 2.98. The lowest BCUT2D eigenvalue weighted by Gasteiger charge is -2.25. The Hall–Kier alpha value is -1.44. The summed E-state index contributed by atoms with van der Waals surface area (Å²) < 4.78 is 27.4. The van der Waals surface area contributed by atoms with Crippen LogP contribution in [0.15, 0.2) is 29.2 Å². The SMILES string of the molecule is CCC(C)C(C=O)NC(=O)C(NS(=O)(=O)c1ccc(Cl)cc1)C(C)C. The Morgan fingerprint density at radius 2 is 1.76 bits per heavy atom. The van der Waals surface area contributed by atoms with Crippen molar-refractivity contribution in [3.05, 3.63) is 29.3 Å². The van der Waals surface area contributed by atoms with Crippen molar-refractivity contribution in [3.8, 4) is 0 Å². The fourth-order valence-corrected chi connectivity index (χ4v) is 3.63. The Morgan fingerprint density at radius 1 is 1.20 bits per heavy atom. The highest BCUT2D eigenvalue weighted by molar-refractivity contribution is 7.89. The van der Waals surface area contributed by atoms with Crippen LogP contribution in [-0.2, 0) is 19.6 Å². The fourth-order valence-electron chi connectivity index (χ4n) is 2.16. The maximum atomic E-state index is 12.5. The minimum absolute atomic E-state index is 0.0178. The van der Waals surface area contributed by atoms with Crippen LogP contribution in [0.4, 0.5) is 0 Å². The zero-order chi connectivity index (χ0) is 19.2. The van der Waals surface area contributed by atoms with Gasteiger partial charge in [0.2, 0.25) is 15.9 Å². The van der Waals surface area contributed by atoms with Crippen LogP contribution in [0.2, 0.25) is 5.02 Å². The van der Waals surface area contributed by atoms with Crippen molar-refractivity contribution in [3.63, 3.8) is 0 Å². The van der Waals surface area contributed by atoms with E-state index in [9.17, 15) is 18.0 Å². The molecule has 0 aromatic heterocycles. The van der Waals surface area contributed by atoms with Crippen LogP contribution in [0, 0.1) is 11.8 Å². The third-order valence-electron chi connectivity index (χ3n) is 4.07. The predicted molar refractivity (Wildman–Crippen MR) is 97.8 cm³/mol. The summed E-state index contributed by atoms with van der Waals surface area (Å²) in [6, 6.07) is 4.02. The molecule has 8 heteroatoms. The molecule has 0 saturated carbocycles.